The summed E-state index contributed by atoms with van der Waals surface area (Å²) in [5, 5.41) is 1.30. The van der Waals surface area contributed by atoms with E-state index >= 15 is 0 Å². The molecule has 0 aliphatic carbocycles. The Balaban J connectivity index is 2.37. The molecule has 0 radical (unpaired) electrons. The van der Waals surface area contributed by atoms with Crippen LogP contribution in [0.25, 0.3) is 0 Å². The zero-order chi connectivity index (χ0) is 13.1. The molecule has 94 valence electrons. The van der Waals surface area contributed by atoms with E-state index in [0.29, 0.717) is 22.3 Å². The van der Waals surface area contributed by atoms with Gasteiger partial charge in [0.15, 0.2) is 0 Å². The summed E-state index contributed by atoms with van der Waals surface area (Å²) in [6.45, 7) is 2.27. The highest BCUT2D eigenvalue weighted by Crippen LogP contribution is 2.32. The van der Waals surface area contributed by atoms with Gasteiger partial charge in [-0.1, -0.05) is 29.3 Å². The molecule has 2 aromatic carbocycles. The lowest BCUT2D eigenvalue weighted by molar-refractivity contribution is 0.473. The predicted molar refractivity (Wildman–Crippen MR) is 75.6 cm³/mol. The van der Waals surface area contributed by atoms with E-state index in [2.05, 4.69) is 0 Å². The van der Waals surface area contributed by atoms with Gasteiger partial charge in [-0.15, -0.1) is 0 Å². The maximum atomic E-state index is 6.08. The highest BCUT2D eigenvalue weighted by Gasteiger charge is 2.09. The van der Waals surface area contributed by atoms with Crippen molar-refractivity contribution < 1.29 is 4.74 Å². The van der Waals surface area contributed by atoms with Crippen molar-refractivity contribution in [3.63, 3.8) is 0 Å². The molecule has 0 aliphatic heterocycles. The fraction of sp³-hybridized carbons (Fsp3) is 0.143. The summed E-state index contributed by atoms with van der Waals surface area (Å²) in [7, 11) is 0. The van der Waals surface area contributed by atoms with Crippen molar-refractivity contribution in [1.82, 2.24) is 0 Å². The van der Waals surface area contributed by atoms with Gasteiger partial charge in [-0.05, 0) is 42.8 Å². The van der Waals surface area contributed by atoms with Gasteiger partial charge in [0.05, 0.1) is 0 Å². The Morgan fingerprint density at radius 1 is 1.11 bits per heavy atom. The fourth-order valence-corrected chi connectivity index (χ4v) is 2.15. The number of nitrogens with two attached hydrogens (primary N) is 1. The normalized spacial score (nSPS) is 10.4. The number of rotatable bonds is 3. The van der Waals surface area contributed by atoms with E-state index in [1.807, 2.05) is 31.2 Å². The smallest absolute Gasteiger partial charge is 0.133 e. The monoisotopic (exact) mass is 281 g/mol. The Morgan fingerprint density at radius 3 is 2.56 bits per heavy atom. The predicted octanol–water partition coefficient (Wildman–Crippen LogP) is 4.55. The quantitative estimate of drug-likeness (QED) is 0.896. The summed E-state index contributed by atoms with van der Waals surface area (Å²) in [6, 6.07) is 11.0. The molecule has 18 heavy (non-hydrogen) atoms. The Kier molecular flexibility index (Phi) is 4.12. The van der Waals surface area contributed by atoms with Crippen molar-refractivity contribution >= 4 is 23.2 Å². The van der Waals surface area contributed by atoms with Crippen LogP contribution in [0.4, 0.5) is 0 Å². The van der Waals surface area contributed by atoms with E-state index in [9.17, 15) is 0 Å². The molecular formula is C14H13Cl2NO. The molecule has 0 saturated carbocycles. The average molecular weight is 282 g/mol. The molecular weight excluding hydrogens is 269 g/mol. The third-order valence-electron chi connectivity index (χ3n) is 2.64. The van der Waals surface area contributed by atoms with Crippen LogP contribution < -0.4 is 10.5 Å². The van der Waals surface area contributed by atoms with Gasteiger partial charge < -0.3 is 10.5 Å². The van der Waals surface area contributed by atoms with Crippen LogP contribution in [0.5, 0.6) is 11.5 Å². The van der Waals surface area contributed by atoms with Crippen molar-refractivity contribution in [1.29, 1.82) is 0 Å². The Labute approximate surface area is 116 Å². The van der Waals surface area contributed by atoms with Gasteiger partial charge in [-0.3, -0.25) is 0 Å². The van der Waals surface area contributed by atoms with Crippen LogP contribution in [-0.4, -0.2) is 0 Å². The molecule has 0 aromatic heterocycles. The summed E-state index contributed by atoms with van der Waals surface area (Å²) >= 11 is 12.0. The van der Waals surface area contributed by atoms with Gasteiger partial charge in [0, 0.05) is 22.2 Å². The average Bonchev–Trinajstić information content (AvgIpc) is 2.33. The lowest BCUT2D eigenvalue weighted by atomic mass is 10.2. The van der Waals surface area contributed by atoms with E-state index in [1.165, 1.54) is 0 Å². The molecule has 2 nitrogen and oxygen atoms in total. The summed E-state index contributed by atoms with van der Waals surface area (Å²) < 4.78 is 5.84. The van der Waals surface area contributed by atoms with Crippen molar-refractivity contribution in [3.05, 3.63) is 57.6 Å². The number of benzene rings is 2. The van der Waals surface area contributed by atoms with Gasteiger partial charge in [0.1, 0.15) is 11.5 Å². The number of halogens is 2. The van der Waals surface area contributed by atoms with Crippen LogP contribution >= 0.6 is 23.2 Å². The molecule has 0 amide bonds. The summed E-state index contributed by atoms with van der Waals surface area (Å²) in [5.41, 5.74) is 7.44. The molecule has 0 aliphatic rings. The van der Waals surface area contributed by atoms with Crippen LogP contribution in [0.2, 0.25) is 10.0 Å². The van der Waals surface area contributed by atoms with Crippen molar-refractivity contribution in [2.75, 3.05) is 0 Å². The van der Waals surface area contributed by atoms with Crippen molar-refractivity contribution in [3.8, 4) is 11.5 Å². The van der Waals surface area contributed by atoms with E-state index in [4.69, 9.17) is 33.7 Å². The minimum Gasteiger partial charge on any atom is -0.457 e. The zero-order valence-corrected chi connectivity index (χ0v) is 11.4. The molecule has 0 heterocycles. The van der Waals surface area contributed by atoms with E-state index in [1.54, 1.807) is 12.1 Å². The van der Waals surface area contributed by atoms with Gasteiger partial charge in [0.25, 0.3) is 0 Å². The second-order valence-corrected chi connectivity index (χ2v) is 4.78. The van der Waals surface area contributed by atoms with E-state index in [0.717, 1.165) is 16.9 Å². The molecule has 2 aromatic rings. The van der Waals surface area contributed by atoms with Crippen LogP contribution in [0.1, 0.15) is 11.1 Å². The SMILES string of the molecule is Cc1cc(Cl)ccc1Oc1cccc(Cl)c1CN. The van der Waals surface area contributed by atoms with Gasteiger partial charge >= 0.3 is 0 Å². The topological polar surface area (TPSA) is 35.2 Å². The Morgan fingerprint density at radius 2 is 1.89 bits per heavy atom. The lowest BCUT2D eigenvalue weighted by Crippen LogP contribution is -2.00. The summed E-state index contributed by atoms with van der Waals surface area (Å²) in [4.78, 5) is 0. The molecule has 0 atom stereocenters. The van der Waals surface area contributed by atoms with Gasteiger partial charge in [0.2, 0.25) is 0 Å². The van der Waals surface area contributed by atoms with E-state index < -0.39 is 0 Å². The zero-order valence-electron chi connectivity index (χ0n) is 9.91. The largest absolute Gasteiger partial charge is 0.457 e. The van der Waals surface area contributed by atoms with Crippen LogP contribution in [0.3, 0.4) is 0 Å². The molecule has 2 N–H and O–H groups in total. The number of hydrogen-bond donors (Lipinski definition) is 1. The maximum Gasteiger partial charge on any atom is 0.133 e. The van der Waals surface area contributed by atoms with Crippen molar-refractivity contribution in [2.45, 2.75) is 13.5 Å². The first-order valence-corrected chi connectivity index (χ1v) is 6.29. The highest BCUT2D eigenvalue weighted by molar-refractivity contribution is 6.31. The standard InChI is InChI=1S/C14H13Cl2NO/c1-9-7-10(15)5-6-13(9)18-14-4-2-3-12(16)11(14)8-17/h2-7H,8,17H2,1H3. The first kappa shape index (κ1) is 13.2. The molecule has 0 bridgehead atoms. The van der Waals surface area contributed by atoms with E-state index in [-0.39, 0.29) is 0 Å². The fourth-order valence-electron chi connectivity index (χ4n) is 1.68. The number of hydrogen-bond acceptors (Lipinski definition) is 2. The first-order chi connectivity index (χ1) is 8.61. The van der Waals surface area contributed by atoms with Crippen LogP contribution in [0, 0.1) is 6.92 Å². The molecule has 0 unspecified atom stereocenters. The third-order valence-corrected chi connectivity index (χ3v) is 3.23. The second-order valence-electron chi connectivity index (χ2n) is 3.93. The summed E-state index contributed by atoms with van der Waals surface area (Å²) in [5.74, 6) is 1.42. The lowest BCUT2D eigenvalue weighted by Gasteiger charge is -2.13. The molecule has 4 heteroatoms. The van der Waals surface area contributed by atoms with Gasteiger partial charge in [-0.2, -0.15) is 0 Å². The number of aryl methyl sites for hydroxylation is 1. The molecule has 0 saturated heterocycles. The number of ether oxygens (including phenoxy) is 1. The highest BCUT2D eigenvalue weighted by atomic mass is 35.5. The minimum absolute atomic E-state index is 0.335. The minimum atomic E-state index is 0.335. The van der Waals surface area contributed by atoms with Crippen molar-refractivity contribution in [2.24, 2.45) is 5.73 Å². The Hall–Kier alpha value is -1.22. The molecule has 2 rings (SSSR count). The van der Waals surface area contributed by atoms with Crippen LogP contribution in [0.15, 0.2) is 36.4 Å². The first-order valence-electron chi connectivity index (χ1n) is 5.53. The molecule has 0 spiro atoms. The van der Waals surface area contributed by atoms with Crippen LogP contribution in [-0.2, 0) is 6.54 Å². The molecule has 0 fully saturated rings. The summed E-state index contributed by atoms with van der Waals surface area (Å²) in [6.07, 6.45) is 0. The maximum absolute atomic E-state index is 6.08. The Bertz CT molecular complexity index is 570. The van der Waals surface area contributed by atoms with Gasteiger partial charge in [-0.25, -0.2) is 0 Å². The second kappa shape index (κ2) is 5.61. The third kappa shape index (κ3) is 2.78.